The van der Waals surface area contributed by atoms with Crippen LogP contribution in [-0.4, -0.2) is 0 Å². The smallest absolute Gasteiger partial charge is 0.0628 e. The molecule has 0 atom stereocenters. The van der Waals surface area contributed by atoms with Crippen LogP contribution in [0.2, 0.25) is 0 Å². The lowest BCUT2D eigenvalue weighted by atomic mass is 9.80. The maximum atomic E-state index is 6.65. The highest BCUT2D eigenvalue weighted by molar-refractivity contribution is 7.26. The zero-order valence-electron chi connectivity index (χ0n) is 31.5. The third kappa shape index (κ3) is 5.05. The van der Waals surface area contributed by atoms with Gasteiger partial charge in [0.15, 0.2) is 0 Å². The van der Waals surface area contributed by atoms with E-state index in [0.29, 0.717) is 0 Å². The molecule has 0 bridgehead atoms. The molecule has 0 spiro atoms. The summed E-state index contributed by atoms with van der Waals surface area (Å²) in [4.78, 5) is 3.72. The first-order chi connectivity index (χ1) is 26.3. The van der Waals surface area contributed by atoms with Gasteiger partial charge in [0, 0.05) is 51.8 Å². The number of hydrogen-bond acceptors (Lipinski definition) is 3. The molecule has 9 rings (SSSR count). The van der Waals surface area contributed by atoms with Gasteiger partial charge in [-0.15, -0.1) is 29.1 Å². The molecule has 6 aromatic carbocycles. The van der Waals surface area contributed by atoms with Crippen molar-refractivity contribution in [3.8, 4) is 34.6 Å². The molecule has 0 amide bonds. The molecule has 3 heteroatoms. The second-order valence-corrected chi connectivity index (χ2v) is 16.9. The van der Waals surface area contributed by atoms with E-state index >= 15 is 0 Å². The fraction of sp³-hybridized carbons (Fsp3) is 0.137. The summed E-state index contributed by atoms with van der Waals surface area (Å²) < 4.78 is 3.93. The van der Waals surface area contributed by atoms with E-state index in [0.717, 1.165) is 28.2 Å². The van der Waals surface area contributed by atoms with Gasteiger partial charge in [0.25, 0.3) is 0 Å². The predicted octanol–water partition coefficient (Wildman–Crippen LogP) is 15.4. The maximum absolute atomic E-state index is 6.65. The molecule has 0 unspecified atom stereocenters. The molecule has 0 saturated heterocycles. The van der Waals surface area contributed by atoms with E-state index in [2.05, 4.69) is 186 Å². The number of anilines is 3. The number of thiophene rings is 2. The fourth-order valence-corrected chi connectivity index (χ4v) is 11.1. The Morgan fingerprint density at radius 1 is 0.667 bits per heavy atom. The number of rotatable bonds is 6. The van der Waals surface area contributed by atoms with Gasteiger partial charge >= 0.3 is 0 Å². The normalized spacial score (nSPS) is 13.4. The van der Waals surface area contributed by atoms with E-state index in [1.165, 1.54) is 79.6 Å². The molecule has 0 radical (unpaired) electrons. The average molecular weight is 732 g/mol. The van der Waals surface area contributed by atoms with E-state index in [1.807, 2.05) is 22.7 Å². The van der Waals surface area contributed by atoms with Crippen molar-refractivity contribution in [3.05, 3.63) is 160 Å². The van der Waals surface area contributed by atoms with Crippen molar-refractivity contribution in [2.24, 2.45) is 0 Å². The monoisotopic (exact) mass is 731 g/mol. The maximum Gasteiger partial charge on any atom is 0.0628 e. The Balaban J connectivity index is 1.31. The average Bonchev–Trinajstić information content (AvgIpc) is 3.79. The summed E-state index contributed by atoms with van der Waals surface area (Å²) in [5.41, 5.74) is 15.1. The highest BCUT2D eigenvalue weighted by atomic mass is 32.1. The van der Waals surface area contributed by atoms with Gasteiger partial charge in [-0.3, -0.25) is 0 Å². The summed E-state index contributed by atoms with van der Waals surface area (Å²) in [5, 5.41) is 3.90. The number of hydrogen-bond donors (Lipinski definition) is 0. The van der Waals surface area contributed by atoms with E-state index in [1.54, 1.807) is 0 Å². The van der Waals surface area contributed by atoms with Crippen molar-refractivity contribution >= 4 is 82.1 Å². The standard InChI is InChI=1S/C51H41NS2/c1-8-17-37-34(10-3)44(52(42-23-13-11-19-31(42)4)43-24-16-26-47-48(43)32(5)45(53-47)18-9-2)30-41-49(37)39-28-27-33(29-40(39)51(41,6)7)35-21-15-22-38-36-20-12-14-25-46(36)54-50(35)38/h3,8-9,11-30H,1-2,4-7H3/b17-8-,18-9-. The third-order valence-electron chi connectivity index (χ3n) is 11.3. The lowest BCUT2D eigenvalue weighted by Crippen LogP contribution is -2.18. The van der Waals surface area contributed by atoms with Crippen LogP contribution < -0.4 is 4.90 Å². The highest BCUT2D eigenvalue weighted by Crippen LogP contribution is 2.56. The number of allylic oxidation sites excluding steroid dienone is 2. The van der Waals surface area contributed by atoms with Crippen LogP contribution in [0.4, 0.5) is 17.1 Å². The Labute approximate surface area is 326 Å². The molecular weight excluding hydrogens is 691 g/mol. The summed E-state index contributed by atoms with van der Waals surface area (Å²) >= 11 is 3.73. The zero-order valence-corrected chi connectivity index (χ0v) is 33.2. The molecule has 2 heterocycles. The van der Waals surface area contributed by atoms with Crippen molar-refractivity contribution in [1.82, 2.24) is 0 Å². The van der Waals surface area contributed by atoms with Gasteiger partial charge in [0.05, 0.1) is 16.9 Å². The van der Waals surface area contributed by atoms with Crippen molar-refractivity contribution < 1.29 is 0 Å². The minimum Gasteiger partial charge on any atom is -0.308 e. The number of fused-ring (bicyclic) bond motifs is 7. The highest BCUT2D eigenvalue weighted by Gasteiger charge is 2.39. The molecule has 0 N–H and O–H groups in total. The Bertz CT molecular complexity index is 2920. The molecule has 2 aromatic heterocycles. The molecule has 54 heavy (non-hydrogen) atoms. The van der Waals surface area contributed by atoms with Crippen LogP contribution in [0, 0.1) is 26.2 Å². The number of terminal acetylenes is 1. The summed E-state index contributed by atoms with van der Waals surface area (Å²) in [5.74, 6) is 3.23. The Morgan fingerprint density at radius 3 is 2.19 bits per heavy atom. The van der Waals surface area contributed by atoms with Gasteiger partial charge in [-0.25, -0.2) is 0 Å². The number of benzene rings is 6. The van der Waals surface area contributed by atoms with Gasteiger partial charge in [-0.05, 0) is 115 Å². The van der Waals surface area contributed by atoms with Gasteiger partial charge in [0.2, 0.25) is 0 Å². The molecule has 0 aliphatic heterocycles. The minimum atomic E-state index is -0.284. The Kier molecular flexibility index (Phi) is 8.23. The van der Waals surface area contributed by atoms with Crippen LogP contribution in [0.5, 0.6) is 0 Å². The lowest BCUT2D eigenvalue weighted by molar-refractivity contribution is 0.660. The van der Waals surface area contributed by atoms with Crippen LogP contribution in [0.1, 0.15) is 66.0 Å². The fourth-order valence-electron chi connectivity index (χ4n) is 8.70. The van der Waals surface area contributed by atoms with Crippen LogP contribution >= 0.6 is 22.7 Å². The Hall–Kier alpha value is -5.66. The first-order valence-electron chi connectivity index (χ1n) is 18.6. The quantitative estimate of drug-likeness (QED) is 0.154. The van der Waals surface area contributed by atoms with Gasteiger partial charge in [-0.2, -0.15) is 0 Å². The molecular formula is C51H41NS2. The largest absolute Gasteiger partial charge is 0.308 e. The van der Waals surface area contributed by atoms with Crippen LogP contribution in [0.3, 0.4) is 0 Å². The minimum absolute atomic E-state index is 0.284. The van der Waals surface area contributed by atoms with E-state index in [9.17, 15) is 0 Å². The van der Waals surface area contributed by atoms with Crippen LogP contribution in [-0.2, 0) is 5.41 Å². The second-order valence-electron chi connectivity index (χ2n) is 14.8. The van der Waals surface area contributed by atoms with Crippen LogP contribution in [0.15, 0.2) is 121 Å². The lowest BCUT2D eigenvalue weighted by Gasteiger charge is -2.32. The van der Waals surface area contributed by atoms with Crippen molar-refractivity contribution in [1.29, 1.82) is 0 Å². The van der Waals surface area contributed by atoms with Crippen molar-refractivity contribution in [2.75, 3.05) is 4.90 Å². The molecule has 262 valence electrons. The molecule has 0 fully saturated rings. The van der Waals surface area contributed by atoms with Crippen molar-refractivity contribution in [3.63, 3.8) is 0 Å². The molecule has 1 aliphatic carbocycles. The summed E-state index contributed by atoms with van der Waals surface area (Å²) in [6, 6.07) is 40.4. The van der Waals surface area contributed by atoms with E-state index in [-0.39, 0.29) is 5.41 Å². The van der Waals surface area contributed by atoms with Crippen LogP contribution in [0.25, 0.3) is 64.7 Å². The summed E-state index contributed by atoms with van der Waals surface area (Å²) in [6.45, 7) is 13.4. The van der Waals surface area contributed by atoms with Gasteiger partial charge in [-0.1, -0.05) is 111 Å². The second kappa shape index (κ2) is 13.0. The molecule has 1 nitrogen and oxygen atoms in total. The zero-order chi connectivity index (χ0) is 37.3. The first-order valence-corrected chi connectivity index (χ1v) is 20.3. The summed E-state index contributed by atoms with van der Waals surface area (Å²) in [6.07, 6.45) is 15.4. The molecule has 1 aliphatic rings. The summed E-state index contributed by atoms with van der Waals surface area (Å²) in [7, 11) is 0. The molecule has 8 aromatic rings. The van der Waals surface area contributed by atoms with Gasteiger partial charge < -0.3 is 4.90 Å². The van der Waals surface area contributed by atoms with Crippen molar-refractivity contribution in [2.45, 2.75) is 47.0 Å². The number of aryl methyl sites for hydroxylation is 2. The number of para-hydroxylation sites is 1. The Morgan fingerprint density at radius 2 is 1.39 bits per heavy atom. The van der Waals surface area contributed by atoms with Gasteiger partial charge in [0.1, 0.15) is 0 Å². The topological polar surface area (TPSA) is 3.24 Å². The van der Waals surface area contributed by atoms with E-state index < -0.39 is 0 Å². The predicted molar refractivity (Wildman–Crippen MR) is 239 cm³/mol. The first kappa shape index (κ1) is 34.1. The van der Waals surface area contributed by atoms with E-state index in [4.69, 9.17) is 6.42 Å². The SMILES string of the molecule is C#Cc1c(N(c2ccccc2C)c2cccc3sc(/C=C\C)c(C)c23)cc2c(c1/C=C\C)-c1ccc(-c3cccc4c3sc3ccccc34)cc1C2(C)C. The molecule has 0 saturated carbocycles. The number of nitrogens with zero attached hydrogens (tertiary/aromatic N) is 1. The third-order valence-corrected chi connectivity index (χ3v) is 13.7.